The first-order chi connectivity index (χ1) is 10.7. The number of hydrogen-bond acceptors (Lipinski definition) is 2. The van der Waals surface area contributed by atoms with Crippen LogP contribution < -0.4 is 0 Å². The largest absolute Gasteiger partial charge is 0.349 e. The van der Waals surface area contributed by atoms with E-state index in [0.717, 1.165) is 0 Å². The number of hydrogen-bond donors (Lipinski definition) is 0. The van der Waals surface area contributed by atoms with Gasteiger partial charge < -0.3 is 4.90 Å². The van der Waals surface area contributed by atoms with Crippen molar-refractivity contribution in [2.75, 3.05) is 0 Å². The van der Waals surface area contributed by atoms with Crippen LogP contribution in [0.15, 0.2) is 71.7 Å². The first-order valence-electron chi connectivity index (χ1n) is 7.88. The minimum absolute atomic E-state index is 0.114. The molecule has 5 rings (SSSR count). The maximum Gasteiger partial charge on any atom is 0.104 e. The van der Waals surface area contributed by atoms with Crippen molar-refractivity contribution in [1.82, 2.24) is 4.90 Å². The Bertz CT molecular complexity index is 754. The lowest BCUT2D eigenvalue weighted by Gasteiger charge is -2.21. The van der Waals surface area contributed by atoms with Gasteiger partial charge in [-0.25, -0.2) is 0 Å². The van der Waals surface area contributed by atoms with E-state index in [2.05, 4.69) is 85.5 Å². The molecule has 3 atom stereocenters. The molecule has 0 radical (unpaired) electrons. The van der Waals surface area contributed by atoms with Crippen LogP contribution in [-0.2, 0) is 0 Å². The molecule has 0 N–H and O–H groups in total. The molecular formula is C20H18N2. The molecule has 0 aliphatic carbocycles. The Labute approximate surface area is 130 Å². The van der Waals surface area contributed by atoms with E-state index in [1.807, 2.05) is 0 Å². The predicted molar refractivity (Wildman–Crippen MR) is 89.8 cm³/mol. The third kappa shape index (κ3) is 1.25. The van der Waals surface area contributed by atoms with Crippen LogP contribution in [0.4, 0.5) is 0 Å². The van der Waals surface area contributed by atoms with E-state index >= 15 is 0 Å². The van der Waals surface area contributed by atoms with Crippen molar-refractivity contribution >= 4 is 11.4 Å². The first-order valence-corrected chi connectivity index (χ1v) is 7.88. The van der Waals surface area contributed by atoms with Gasteiger partial charge in [0.25, 0.3) is 0 Å². The van der Waals surface area contributed by atoms with Crippen LogP contribution in [0.2, 0.25) is 0 Å². The van der Waals surface area contributed by atoms with Crippen molar-refractivity contribution in [3.63, 3.8) is 0 Å². The smallest absolute Gasteiger partial charge is 0.104 e. The Morgan fingerprint density at radius 1 is 0.864 bits per heavy atom. The van der Waals surface area contributed by atoms with Gasteiger partial charge in [-0.2, -0.15) is 0 Å². The average molecular weight is 286 g/mol. The number of rotatable bonds is 2. The normalized spacial score (nSPS) is 34.3. The van der Waals surface area contributed by atoms with Gasteiger partial charge >= 0.3 is 0 Å². The molecule has 3 aliphatic rings. The fourth-order valence-corrected chi connectivity index (χ4v) is 4.29. The van der Waals surface area contributed by atoms with E-state index in [1.54, 1.807) is 0 Å². The van der Waals surface area contributed by atoms with Crippen LogP contribution in [0.5, 0.6) is 0 Å². The highest BCUT2D eigenvalue weighted by Crippen LogP contribution is 2.65. The van der Waals surface area contributed by atoms with Crippen molar-refractivity contribution in [3.05, 3.63) is 77.9 Å². The minimum Gasteiger partial charge on any atom is -0.349 e. The van der Waals surface area contributed by atoms with E-state index in [4.69, 9.17) is 4.99 Å². The summed E-state index contributed by atoms with van der Waals surface area (Å²) in [5.41, 5.74) is 5.13. The Hall–Kier alpha value is -2.35. The van der Waals surface area contributed by atoms with Gasteiger partial charge in [0.1, 0.15) is 5.54 Å². The van der Waals surface area contributed by atoms with Crippen molar-refractivity contribution in [2.45, 2.75) is 31.0 Å². The van der Waals surface area contributed by atoms with Crippen LogP contribution in [0.1, 0.15) is 25.0 Å². The monoisotopic (exact) mass is 286 g/mol. The van der Waals surface area contributed by atoms with Gasteiger partial charge in [-0.05, 0) is 31.1 Å². The van der Waals surface area contributed by atoms with Gasteiger partial charge in [-0.3, -0.25) is 4.99 Å². The average Bonchev–Trinajstić information content (AvgIpc) is 3.08. The van der Waals surface area contributed by atoms with E-state index in [9.17, 15) is 0 Å². The summed E-state index contributed by atoms with van der Waals surface area (Å²) in [7, 11) is 0. The highest BCUT2D eigenvalue weighted by molar-refractivity contribution is 6.13. The molecule has 2 aromatic rings. The molecule has 1 saturated heterocycles. The summed E-state index contributed by atoms with van der Waals surface area (Å²) < 4.78 is 0. The van der Waals surface area contributed by atoms with Crippen LogP contribution in [0, 0.1) is 0 Å². The number of nitrogens with zero attached hydrogens (tertiary/aromatic N) is 2. The number of benzene rings is 2. The molecule has 0 spiro atoms. The van der Waals surface area contributed by atoms with Gasteiger partial charge in [-0.1, -0.05) is 60.7 Å². The molecule has 0 saturated carbocycles. The number of aliphatic imine (C=N–C) groups is 1. The van der Waals surface area contributed by atoms with Gasteiger partial charge in [0, 0.05) is 5.70 Å². The summed E-state index contributed by atoms with van der Waals surface area (Å²) >= 11 is 0. The standard InChI is InChI=1S/C20H18N2/c1-19-13-16(14-9-5-3-6-10-14)22-18(20(19,22)2)17(21-19)15-11-7-4-8-12-15/h3-13,18H,1-2H3. The lowest BCUT2D eigenvalue weighted by molar-refractivity contribution is 0.425. The maximum atomic E-state index is 5.13. The molecule has 22 heavy (non-hydrogen) atoms. The quantitative estimate of drug-likeness (QED) is 0.768. The zero-order chi connectivity index (χ0) is 14.9. The van der Waals surface area contributed by atoms with Crippen molar-refractivity contribution in [2.24, 2.45) is 4.99 Å². The molecular weight excluding hydrogens is 268 g/mol. The fraction of sp³-hybridized carbons (Fsp3) is 0.250. The molecule has 108 valence electrons. The highest BCUT2D eigenvalue weighted by Gasteiger charge is 2.77. The summed E-state index contributed by atoms with van der Waals surface area (Å²) in [6.45, 7) is 4.62. The topological polar surface area (TPSA) is 15.4 Å². The third-order valence-corrected chi connectivity index (χ3v) is 5.68. The zero-order valence-corrected chi connectivity index (χ0v) is 12.8. The minimum atomic E-state index is -0.117. The second-order valence-corrected chi connectivity index (χ2v) is 6.83. The van der Waals surface area contributed by atoms with E-state index in [1.165, 1.54) is 22.5 Å². The van der Waals surface area contributed by atoms with Crippen LogP contribution in [-0.4, -0.2) is 27.7 Å². The first kappa shape index (κ1) is 12.2. The van der Waals surface area contributed by atoms with Gasteiger partial charge in [0.05, 0.1) is 17.3 Å². The highest BCUT2D eigenvalue weighted by atomic mass is 15.5. The molecule has 2 aromatic carbocycles. The molecule has 3 heterocycles. The van der Waals surface area contributed by atoms with Gasteiger partial charge in [0.2, 0.25) is 0 Å². The Morgan fingerprint density at radius 3 is 2.05 bits per heavy atom. The summed E-state index contributed by atoms with van der Waals surface area (Å²) in [5.74, 6) is 0. The zero-order valence-electron chi connectivity index (χ0n) is 12.8. The van der Waals surface area contributed by atoms with Crippen LogP contribution in [0.3, 0.4) is 0 Å². The molecule has 3 unspecified atom stereocenters. The fourth-order valence-electron chi connectivity index (χ4n) is 4.29. The van der Waals surface area contributed by atoms with Crippen molar-refractivity contribution < 1.29 is 0 Å². The maximum absolute atomic E-state index is 5.13. The van der Waals surface area contributed by atoms with E-state index in [0.29, 0.717) is 6.04 Å². The Balaban J connectivity index is 1.61. The molecule has 2 nitrogen and oxygen atoms in total. The Morgan fingerprint density at radius 2 is 1.45 bits per heavy atom. The third-order valence-electron chi connectivity index (χ3n) is 5.68. The van der Waals surface area contributed by atoms with E-state index in [-0.39, 0.29) is 11.1 Å². The predicted octanol–water partition coefficient (Wildman–Crippen LogP) is 3.75. The summed E-state index contributed by atoms with van der Waals surface area (Å²) in [4.78, 5) is 7.68. The van der Waals surface area contributed by atoms with Crippen molar-refractivity contribution in [1.29, 1.82) is 0 Å². The van der Waals surface area contributed by atoms with Crippen LogP contribution in [0.25, 0.3) is 5.70 Å². The SMILES string of the molecule is CC12C=C(c3ccccc3)N3C(C(c4ccccc4)=N1)C32C. The summed E-state index contributed by atoms with van der Waals surface area (Å²) in [6.07, 6.45) is 2.36. The van der Waals surface area contributed by atoms with Crippen molar-refractivity contribution in [3.8, 4) is 0 Å². The molecule has 0 bridgehead atoms. The Kier molecular flexibility index (Phi) is 2.05. The molecule has 0 aromatic heterocycles. The van der Waals surface area contributed by atoms with Gasteiger partial charge in [-0.15, -0.1) is 0 Å². The second-order valence-electron chi connectivity index (χ2n) is 6.83. The second kappa shape index (κ2) is 3.70. The summed E-state index contributed by atoms with van der Waals surface area (Å²) in [6, 6.07) is 21.7. The molecule has 3 aliphatic heterocycles. The lowest BCUT2D eigenvalue weighted by Crippen LogP contribution is -2.34. The van der Waals surface area contributed by atoms with Crippen LogP contribution >= 0.6 is 0 Å². The molecule has 1 fully saturated rings. The number of fused-ring (bicyclic) bond motifs is 1. The van der Waals surface area contributed by atoms with Gasteiger partial charge in [0.15, 0.2) is 0 Å². The molecule has 2 heteroatoms. The molecule has 0 amide bonds. The summed E-state index contributed by atoms with van der Waals surface area (Å²) in [5, 5.41) is 0. The lowest BCUT2D eigenvalue weighted by atomic mass is 9.86. The van der Waals surface area contributed by atoms with E-state index < -0.39 is 0 Å².